The summed E-state index contributed by atoms with van der Waals surface area (Å²) in [5.74, 6) is 0. The SMILES string of the molecule is Cc1sc(-c2ccc(C(F)(F)F)cc2)nc1CBr. The molecule has 0 N–H and O–H groups in total. The average molecular weight is 336 g/mol. The Morgan fingerprint density at radius 2 is 1.83 bits per heavy atom. The lowest BCUT2D eigenvalue weighted by molar-refractivity contribution is -0.137. The molecule has 0 spiro atoms. The molecule has 0 aliphatic rings. The van der Waals surface area contributed by atoms with Gasteiger partial charge in [-0.05, 0) is 19.1 Å². The number of alkyl halides is 4. The molecule has 0 bridgehead atoms. The van der Waals surface area contributed by atoms with Gasteiger partial charge in [0.15, 0.2) is 0 Å². The van der Waals surface area contributed by atoms with Gasteiger partial charge >= 0.3 is 6.18 Å². The minimum Gasteiger partial charge on any atom is -0.240 e. The van der Waals surface area contributed by atoms with Gasteiger partial charge in [-0.1, -0.05) is 28.1 Å². The number of aryl methyl sites for hydroxylation is 1. The predicted molar refractivity (Wildman–Crippen MR) is 69.9 cm³/mol. The van der Waals surface area contributed by atoms with Crippen molar-refractivity contribution in [1.82, 2.24) is 4.98 Å². The van der Waals surface area contributed by atoms with Crippen LogP contribution in [0.2, 0.25) is 0 Å². The monoisotopic (exact) mass is 335 g/mol. The number of halogens is 4. The summed E-state index contributed by atoms with van der Waals surface area (Å²) >= 11 is 4.81. The third-order valence-corrected chi connectivity index (χ3v) is 4.07. The average Bonchev–Trinajstić information content (AvgIpc) is 2.69. The maximum Gasteiger partial charge on any atom is 0.416 e. The zero-order valence-corrected chi connectivity index (χ0v) is 11.8. The number of benzene rings is 1. The second-order valence-corrected chi connectivity index (χ2v) is 5.49. The molecule has 2 rings (SSSR count). The Labute approximate surface area is 115 Å². The molecular weight excluding hydrogens is 327 g/mol. The smallest absolute Gasteiger partial charge is 0.240 e. The lowest BCUT2D eigenvalue weighted by atomic mass is 10.1. The van der Waals surface area contributed by atoms with Crippen LogP contribution in [0.15, 0.2) is 24.3 Å². The largest absolute Gasteiger partial charge is 0.416 e. The normalized spacial score (nSPS) is 11.8. The van der Waals surface area contributed by atoms with E-state index in [1.165, 1.54) is 23.5 Å². The molecule has 0 saturated heterocycles. The molecule has 0 fully saturated rings. The molecule has 1 nitrogen and oxygen atoms in total. The van der Waals surface area contributed by atoms with Gasteiger partial charge in [0.1, 0.15) is 5.01 Å². The van der Waals surface area contributed by atoms with Crippen molar-refractivity contribution in [2.24, 2.45) is 0 Å². The second kappa shape index (κ2) is 5.01. The van der Waals surface area contributed by atoms with Crippen molar-refractivity contribution in [2.75, 3.05) is 0 Å². The first kappa shape index (κ1) is 13.5. The van der Waals surface area contributed by atoms with Crippen LogP contribution in [0.1, 0.15) is 16.1 Å². The standard InChI is InChI=1S/C12H9BrF3NS/c1-7-10(6-13)17-11(18-7)8-2-4-9(5-3-8)12(14,15)16/h2-5H,6H2,1H3. The van der Waals surface area contributed by atoms with E-state index in [0.29, 0.717) is 10.9 Å². The molecule has 18 heavy (non-hydrogen) atoms. The fraction of sp³-hybridized carbons (Fsp3) is 0.250. The lowest BCUT2D eigenvalue weighted by Gasteiger charge is -2.06. The summed E-state index contributed by atoms with van der Waals surface area (Å²) in [6.45, 7) is 1.95. The summed E-state index contributed by atoms with van der Waals surface area (Å²) in [6.07, 6.45) is -4.29. The third kappa shape index (κ3) is 2.75. The summed E-state index contributed by atoms with van der Waals surface area (Å²) in [4.78, 5) is 5.45. The van der Waals surface area contributed by atoms with Gasteiger partial charge in [-0.25, -0.2) is 4.98 Å². The van der Waals surface area contributed by atoms with E-state index in [9.17, 15) is 13.2 Å². The molecule has 2 aromatic rings. The van der Waals surface area contributed by atoms with Crippen molar-refractivity contribution >= 4 is 27.3 Å². The van der Waals surface area contributed by atoms with Crippen LogP contribution in [0, 0.1) is 6.92 Å². The van der Waals surface area contributed by atoms with E-state index < -0.39 is 11.7 Å². The van der Waals surface area contributed by atoms with Crippen molar-refractivity contribution in [3.05, 3.63) is 40.4 Å². The molecule has 96 valence electrons. The molecule has 0 unspecified atom stereocenters. The van der Waals surface area contributed by atoms with Crippen LogP contribution in [-0.2, 0) is 11.5 Å². The topological polar surface area (TPSA) is 12.9 Å². The Kier molecular flexibility index (Phi) is 3.77. The number of aromatic nitrogens is 1. The fourth-order valence-corrected chi connectivity index (χ4v) is 3.14. The van der Waals surface area contributed by atoms with Crippen LogP contribution in [-0.4, -0.2) is 4.98 Å². The highest BCUT2D eigenvalue weighted by atomic mass is 79.9. The summed E-state index contributed by atoms with van der Waals surface area (Å²) in [7, 11) is 0. The molecule has 0 saturated carbocycles. The van der Waals surface area contributed by atoms with Crippen molar-refractivity contribution in [2.45, 2.75) is 18.4 Å². The van der Waals surface area contributed by atoms with Crippen LogP contribution in [0.4, 0.5) is 13.2 Å². The minimum atomic E-state index is -4.29. The highest BCUT2D eigenvalue weighted by molar-refractivity contribution is 9.08. The molecule has 0 amide bonds. The summed E-state index contributed by atoms with van der Waals surface area (Å²) < 4.78 is 37.3. The van der Waals surface area contributed by atoms with E-state index in [2.05, 4.69) is 20.9 Å². The van der Waals surface area contributed by atoms with Gasteiger partial charge in [-0.15, -0.1) is 11.3 Å². The Morgan fingerprint density at radius 3 is 2.28 bits per heavy atom. The summed E-state index contributed by atoms with van der Waals surface area (Å²) in [6, 6.07) is 5.08. The maximum atomic E-state index is 12.4. The van der Waals surface area contributed by atoms with E-state index in [-0.39, 0.29) is 0 Å². The van der Waals surface area contributed by atoms with E-state index in [4.69, 9.17) is 0 Å². The molecule has 6 heteroatoms. The van der Waals surface area contributed by atoms with Crippen LogP contribution in [0.5, 0.6) is 0 Å². The molecular formula is C12H9BrF3NS. The maximum absolute atomic E-state index is 12.4. The lowest BCUT2D eigenvalue weighted by Crippen LogP contribution is -2.03. The first-order valence-electron chi connectivity index (χ1n) is 5.11. The number of nitrogens with zero attached hydrogens (tertiary/aromatic N) is 1. The van der Waals surface area contributed by atoms with Gasteiger partial charge in [0.05, 0.1) is 11.3 Å². The molecule has 1 aromatic carbocycles. The second-order valence-electron chi connectivity index (χ2n) is 3.73. The summed E-state index contributed by atoms with van der Waals surface area (Å²) in [5.41, 5.74) is 0.999. The Bertz CT molecular complexity index is 545. The van der Waals surface area contributed by atoms with Crippen molar-refractivity contribution in [3.8, 4) is 10.6 Å². The highest BCUT2D eigenvalue weighted by Crippen LogP contribution is 2.33. The molecule has 0 radical (unpaired) electrons. The van der Waals surface area contributed by atoms with Gasteiger partial charge in [0.25, 0.3) is 0 Å². The third-order valence-electron chi connectivity index (χ3n) is 2.48. The van der Waals surface area contributed by atoms with Gasteiger partial charge in [0, 0.05) is 15.8 Å². The number of thiazole rings is 1. The van der Waals surface area contributed by atoms with Crippen LogP contribution in [0.3, 0.4) is 0 Å². The minimum absolute atomic E-state index is 0.639. The first-order valence-corrected chi connectivity index (χ1v) is 7.05. The van der Waals surface area contributed by atoms with Crippen molar-refractivity contribution in [1.29, 1.82) is 0 Å². The summed E-state index contributed by atoms with van der Waals surface area (Å²) in [5, 5.41) is 1.39. The Balaban J connectivity index is 2.34. The van der Waals surface area contributed by atoms with Crippen molar-refractivity contribution < 1.29 is 13.2 Å². The molecule has 0 atom stereocenters. The zero-order valence-electron chi connectivity index (χ0n) is 9.38. The first-order chi connectivity index (χ1) is 8.41. The van der Waals surface area contributed by atoms with Gasteiger partial charge in [0.2, 0.25) is 0 Å². The highest BCUT2D eigenvalue weighted by Gasteiger charge is 2.30. The fourth-order valence-electron chi connectivity index (χ4n) is 1.48. The van der Waals surface area contributed by atoms with E-state index in [0.717, 1.165) is 27.7 Å². The molecule has 1 aromatic heterocycles. The number of rotatable bonds is 2. The van der Waals surface area contributed by atoms with Gasteiger partial charge in [-0.3, -0.25) is 0 Å². The van der Waals surface area contributed by atoms with E-state index in [1.807, 2.05) is 6.92 Å². The quantitative estimate of drug-likeness (QED) is 0.701. The zero-order chi connectivity index (χ0) is 13.3. The van der Waals surface area contributed by atoms with E-state index in [1.54, 1.807) is 0 Å². The Hall–Kier alpha value is -0.880. The van der Waals surface area contributed by atoms with Crippen LogP contribution >= 0.6 is 27.3 Å². The van der Waals surface area contributed by atoms with E-state index >= 15 is 0 Å². The number of hydrogen-bond donors (Lipinski definition) is 0. The Morgan fingerprint density at radius 1 is 1.22 bits per heavy atom. The molecule has 0 aliphatic carbocycles. The number of hydrogen-bond acceptors (Lipinski definition) is 2. The molecule has 0 aliphatic heterocycles. The van der Waals surface area contributed by atoms with Gasteiger partial charge < -0.3 is 0 Å². The van der Waals surface area contributed by atoms with Crippen LogP contribution < -0.4 is 0 Å². The van der Waals surface area contributed by atoms with Crippen molar-refractivity contribution in [3.63, 3.8) is 0 Å². The van der Waals surface area contributed by atoms with Crippen LogP contribution in [0.25, 0.3) is 10.6 Å². The predicted octanol–water partition coefficient (Wildman–Crippen LogP) is 5.03. The van der Waals surface area contributed by atoms with Gasteiger partial charge in [-0.2, -0.15) is 13.2 Å². The molecule has 1 heterocycles.